The highest BCUT2D eigenvalue weighted by molar-refractivity contribution is 7.89. The van der Waals surface area contributed by atoms with Crippen molar-refractivity contribution in [2.24, 2.45) is 5.14 Å². The van der Waals surface area contributed by atoms with Gasteiger partial charge in [0.05, 0.1) is 12.0 Å². The van der Waals surface area contributed by atoms with E-state index in [9.17, 15) is 13.2 Å². The number of sulfonamides is 1. The van der Waals surface area contributed by atoms with Gasteiger partial charge >= 0.3 is 0 Å². The minimum atomic E-state index is -3.85. The van der Waals surface area contributed by atoms with Crippen molar-refractivity contribution in [3.05, 3.63) is 59.2 Å². The maximum atomic E-state index is 12.6. The molecular formula is C17H20N2O4S. The maximum absolute atomic E-state index is 12.6. The fraction of sp³-hybridized carbons (Fsp3) is 0.235. The monoisotopic (exact) mass is 348 g/mol. The minimum absolute atomic E-state index is 0.0747. The van der Waals surface area contributed by atoms with E-state index in [0.717, 1.165) is 11.3 Å². The van der Waals surface area contributed by atoms with E-state index < -0.39 is 10.0 Å². The summed E-state index contributed by atoms with van der Waals surface area (Å²) in [5.41, 5.74) is 1.94. The van der Waals surface area contributed by atoms with Gasteiger partial charge < -0.3 is 9.64 Å². The van der Waals surface area contributed by atoms with Crippen molar-refractivity contribution in [2.45, 2.75) is 18.4 Å². The van der Waals surface area contributed by atoms with Crippen LogP contribution in [0.15, 0.2) is 47.4 Å². The second-order valence-electron chi connectivity index (χ2n) is 5.53. The number of hydrogen-bond donors (Lipinski definition) is 1. The van der Waals surface area contributed by atoms with E-state index in [-0.39, 0.29) is 10.8 Å². The smallest absolute Gasteiger partial charge is 0.254 e. The van der Waals surface area contributed by atoms with Crippen LogP contribution in [-0.2, 0) is 16.6 Å². The Labute approximate surface area is 141 Å². The highest BCUT2D eigenvalue weighted by Crippen LogP contribution is 2.18. The summed E-state index contributed by atoms with van der Waals surface area (Å²) in [6.07, 6.45) is 0. The molecule has 0 bridgehead atoms. The normalized spacial score (nSPS) is 11.2. The first-order chi connectivity index (χ1) is 11.2. The van der Waals surface area contributed by atoms with Crippen molar-refractivity contribution in [2.75, 3.05) is 14.2 Å². The molecule has 0 radical (unpaired) electrons. The van der Waals surface area contributed by atoms with Gasteiger partial charge in [0, 0.05) is 19.2 Å². The summed E-state index contributed by atoms with van der Waals surface area (Å²) in [5, 5.41) is 5.14. The third-order valence-electron chi connectivity index (χ3n) is 3.69. The lowest BCUT2D eigenvalue weighted by atomic mass is 10.1. The standard InChI is InChI=1S/C17H20N2O4S/c1-12-4-9-15(24(18,21)22)10-16(12)17(20)19(2)11-13-5-7-14(23-3)8-6-13/h4-10H,11H2,1-3H3,(H2,18,21,22). The van der Waals surface area contributed by atoms with Gasteiger partial charge in [-0.2, -0.15) is 0 Å². The molecule has 0 saturated carbocycles. The molecule has 0 heterocycles. The number of nitrogens with two attached hydrogens (primary N) is 1. The third kappa shape index (κ3) is 4.12. The van der Waals surface area contributed by atoms with Gasteiger partial charge in [0.15, 0.2) is 0 Å². The molecule has 2 aromatic carbocycles. The van der Waals surface area contributed by atoms with Crippen LogP contribution in [-0.4, -0.2) is 33.4 Å². The Balaban J connectivity index is 2.23. The molecule has 1 amide bonds. The third-order valence-corrected chi connectivity index (χ3v) is 4.60. The van der Waals surface area contributed by atoms with Gasteiger partial charge in [0.2, 0.25) is 10.0 Å². The molecule has 7 heteroatoms. The van der Waals surface area contributed by atoms with Crippen molar-refractivity contribution < 1.29 is 17.9 Å². The fourth-order valence-electron chi connectivity index (χ4n) is 2.29. The SMILES string of the molecule is COc1ccc(CN(C)C(=O)c2cc(S(N)(=O)=O)ccc2C)cc1. The number of amides is 1. The number of hydrogen-bond acceptors (Lipinski definition) is 4. The van der Waals surface area contributed by atoms with Crippen molar-refractivity contribution in [3.63, 3.8) is 0 Å². The molecule has 0 fully saturated rings. The van der Waals surface area contributed by atoms with Crippen molar-refractivity contribution in [1.82, 2.24) is 4.90 Å². The first-order valence-corrected chi connectivity index (χ1v) is 8.79. The summed E-state index contributed by atoms with van der Waals surface area (Å²) in [7, 11) is -0.601. The number of aryl methyl sites for hydroxylation is 1. The molecule has 0 aromatic heterocycles. The van der Waals surface area contributed by atoms with E-state index in [4.69, 9.17) is 9.88 Å². The zero-order chi connectivity index (χ0) is 17.9. The molecule has 128 valence electrons. The molecule has 0 aliphatic rings. The van der Waals surface area contributed by atoms with Crippen LogP contribution in [0.4, 0.5) is 0 Å². The van der Waals surface area contributed by atoms with E-state index in [1.165, 1.54) is 17.0 Å². The highest BCUT2D eigenvalue weighted by Gasteiger charge is 2.18. The number of nitrogens with zero attached hydrogens (tertiary/aromatic N) is 1. The quantitative estimate of drug-likeness (QED) is 0.894. The van der Waals surface area contributed by atoms with Gasteiger partial charge in [0.25, 0.3) is 5.91 Å². The van der Waals surface area contributed by atoms with Gasteiger partial charge in [-0.05, 0) is 42.3 Å². The summed E-state index contributed by atoms with van der Waals surface area (Å²) in [4.78, 5) is 14.1. The Morgan fingerprint density at radius 3 is 2.33 bits per heavy atom. The number of ether oxygens (including phenoxy) is 1. The van der Waals surface area contributed by atoms with Crippen LogP contribution in [0, 0.1) is 6.92 Å². The van der Waals surface area contributed by atoms with Gasteiger partial charge in [-0.15, -0.1) is 0 Å². The molecule has 0 atom stereocenters. The van der Waals surface area contributed by atoms with Crippen LogP contribution in [0.1, 0.15) is 21.5 Å². The predicted octanol–water partition coefficient (Wildman–Crippen LogP) is 1.92. The molecule has 24 heavy (non-hydrogen) atoms. The van der Waals surface area contributed by atoms with Crippen LogP contribution >= 0.6 is 0 Å². The molecule has 0 aliphatic heterocycles. The van der Waals surface area contributed by atoms with Crippen molar-refractivity contribution in [3.8, 4) is 5.75 Å². The summed E-state index contributed by atoms with van der Waals surface area (Å²) in [5.74, 6) is 0.471. The number of benzene rings is 2. The topological polar surface area (TPSA) is 89.7 Å². The Hall–Kier alpha value is -2.38. The average Bonchev–Trinajstić information content (AvgIpc) is 2.54. The summed E-state index contributed by atoms with van der Waals surface area (Å²) in [6, 6.07) is 11.7. The number of rotatable bonds is 5. The second kappa shape index (κ2) is 7.02. The zero-order valence-electron chi connectivity index (χ0n) is 13.8. The Kier molecular flexibility index (Phi) is 5.26. The van der Waals surface area contributed by atoms with E-state index in [2.05, 4.69) is 0 Å². The fourth-order valence-corrected chi connectivity index (χ4v) is 2.83. The molecule has 0 aliphatic carbocycles. The molecule has 2 rings (SSSR count). The lowest BCUT2D eigenvalue weighted by Gasteiger charge is -2.19. The molecule has 0 spiro atoms. The summed E-state index contributed by atoms with van der Waals surface area (Å²) in [6.45, 7) is 2.14. The Morgan fingerprint density at radius 2 is 1.79 bits per heavy atom. The Bertz CT molecular complexity index is 845. The average molecular weight is 348 g/mol. The van der Waals surface area contributed by atoms with E-state index in [1.54, 1.807) is 27.1 Å². The molecule has 0 unspecified atom stereocenters. The van der Waals surface area contributed by atoms with E-state index >= 15 is 0 Å². The molecular weight excluding hydrogens is 328 g/mol. The van der Waals surface area contributed by atoms with Gasteiger partial charge in [0.1, 0.15) is 5.75 Å². The van der Waals surface area contributed by atoms with Gasteiger partial charge in [-0.3, -0.25) is 4.79 Å². The van der Waals surface area contributed by atoms with Gasteiger partial charge in [-0.1, -0.05) is 18.2 Å². The van der Waals surface area contributed by atoms with Crippen LogP contribution < -0.4 is 9.88 Å². The lowest BCUT2D eigenvalue weighted by Crippen LogP contribution is -2.27. The maximum Gasteiger partial charge on any atom is 0.254 e. The highest BCUT2D eigenvalue weighted by atomic mass is 32.2. The number of methoxy groups -OCH3 is 1. The summed E-state index contributed by atoms with van der Waals surface area (Å²) >= 11 is 0. The van der Waals surface area contributed by atoms with Crippen LogP contribution in [0.2, 0.25) is 0 Å². The van der Waals surface area contributed by atoms with Crippen molar-refractivity contribution in [1.29, 1.82) is 0 Å². The van der Waals surface area contributed by atoms with Crippen LogP contribution in [0.3, 0.4) is 0 Å². The molecule has 6 nitrogen and oxygen atoms in total. The number of primary sulfonamides is 1. The van der Waals surface area contributed by atoms with E-state index in [1.807, 2.05) is 24.3 Å². The largest absolute Gasteiger partial charge is 0.497 e. The second-order valence-corrected chi connectivity index (χ2v) is 7.09. The number of carbonyl (C=O) groups excluding carboxylic acids is 1. The zero-order valence-corrected chi connectivity index (χ0v) is 14.6. The van der Waals surface area contributed by atoms with Crippen LogP contribution in [0.5, 0.6) is 5.75 Å². The predicted molar refractivity (Wildman–Crippen MR) is 91.3 cm³/mol. The Morgan fingerprint density at radius 1 is 1.17 bits per heavy atom. The van der Waals surface area contributed by atoms with Crippen molar-refractivity contribution >= 4 is 15.9 Å². The minimum Gasteiger partial charge on any atom is -0.497 e. The van der Waals surface area contributed by atoms with Gasteiger partial charge in [-0.25, -0.2) is 13.6 Å². The van der Waals surface area contributed by atoms with Crippen LogP contribution in [0.25, 0.3) is 0 Å². The first kappa shape index (κ1) is 18.0. The first-order valence-electron chi connectivity index (χ1n) is 7.24. The lowest BCUT2D eigenvalue weighted by molar-refractivity contribution is 0.0784. The van der Waals surface area contributed by atoms with E-state index in [0.29, 0.717) is 17.7 Å². The molecule has 0 saturated heterocycles. The molecule has 2 aromatic rings. The molecule has 2 N–H and O–H groups in total. The number of carbonyl (C=O) groups is 1. The summed E-state index contributed by atoms with van der Waals surface area (Å²) < 4.78 is 28.1.